The molecule has 0 radical (unpaired) electrons. The van der Waals surface area contributed by atoms with Gasteiger partial charge in [-0.25, -0.2) is 4.79 Å². The fourth-order valence-electron chi connectivity index (χ4n) is 1.23. The molecule has 1 aromatic rings. The number of hydrogen-bond acceptors (Lipinski definition) is 5. The molecule has 0 aliphatic rings. The Kier molecular flexibility index (Phi) is 3.44. The van der Waals surface area contributed by atoms with Crippen LogP contribution in [0.4, 0.5) is 5.69 Å². The summed E-state index contributed by atoms with van der Waals surface area (Å²) < 4.78 is 0. The third-order valence-electron chi connectivity index (χ3n) is 2.28. The number of rotatable bonds is 6. The van der Waals surface area contributed by atoms with Crippen LogP contribution in [0, 0.1) is 0 Å². The van der Waals surface area contributed by atoms with Gasteiger partial charge in [0, 0.05) is 6.07 Å². The molecule has 1 atom stereocenters. The first-order valence-corrected chi connectivity index (χ1v) is 4.97. The maximum absolute atomic E-state index is 11.0. The van der Waals surface area contributed by atoms with E-state index in [-0.39, 0.29) is 5.69 Å². The van der Waals surface area contributed by atoms with Gasteiger partial charge in [-0.3, -0.25) is 14.9 Å². The van der Waals surface area contributed by atoms with E-state index in [1.165, 1.54) is 6.92 Å². The smallest absolute Gasteiger partial charge is 0.344 e. The highest BCUT2D eigenvalue weighted by Gasteiger charge is 2.33. The number of carboxylic acids is 1. The summed E-state index contributed by atoms with van der Waals surface area (Å²) in [5.74, 6) is -1.13. The molecule has 0 heterocycles. The molecule has 3 N–H and O–H groups in total. The van der Waals surface area contributed by atoms with Crippen LogP contribution in [-0.2, 0) is 4.79 Å². The standard InChI is InChI=1S/C10H14N2O4/c1-3-4-11-10(2,9(15)16)12-6-5-7(13)8(6)14/h5,11-12H,3-4H2,1-2H3,(H,15,16). The van der Waals surface area contributed by atoms with Crippen molar-refractivity contribution in [2.24, 2.45) is 0 Å². The average Bonchev–Trinajstić information content (AvgIpc) is 2.25. The molecule has 0 bridgehead atoms. The van der Waals surface area contributed by atoms with Crippen LogP contribution in [0.2, 0.25) is 0 Å². The average molecular weight is 226 g/mol. The van der Waals surface area contributed by atoms with Gasteiger partial charge >= 0.3 is 5.97 Å². The molecule has 0 aliphatic heterocycles. The molecule has 0 aromatic heterocycles. The number of anilines is 1. The Bertz CT molecular complexity index is 461. The van der Waals surface area contributed by atoms with Crippen LogP contribution in [0.3, 0.4) is 0 Å². The van der Waals surface area contributed by atoms with E-state index in [9.17, 15) is 14.4 Å². The second-order valence-corrected chi connectivity index (χ2v) is 3.73. The maximum atomic E-state index is 11.0. The van der Waals surface area contributed by atoms with E-state index in [0.29, 0.717) is 6.54 Å². The zero-order chi connectivity index (χ0) is 12.3. The molecule has 0 amide bonds. The molecule has 6 heteroatoms. The number of carboxylic acid groups (broad SMARTS) is 1. The summed E-state index contributed by atoms with van der Waals surface area (Å²) in [4.78, 5) is 32.8. The van der Waals surface area contributed by atoms with Gasteiger partial charge in [0.1, 0.15) is 0 Å². The number of nitrogens with one attached hydrogen (secondary N) is 2. The maximum Gasteiger partial charge on any atom is 0.344 e. The molecule has 16 heavy (non-hydrogen) atoms. The van der Waals surface area contributed by atoms with Gasteiger partial charge in [-0.1, -0.05) is 6.92 Å². The van der Waals surface area contributed by atoms with Crippen molar-refractivity contribution in [1.29, 1.82) is 0 Å². The first kappa shape index (κ1) is 12.4. The Morgan fingerprint density at radius 3 is 2.50 bits per heavy atom. The fraction of sp³-hybridized carbons (Fsp3) is 0.500. The van der Waals surface area contributed by atoms with Crippen LogP contribution in [0.25, 0.3) is 0 Å². The minimum Gasteiger partial charge on any atom is -0.478 e. The third-order valence-corrected chi connectivity index (χ3v) is 2.28. The van der Waals surface area contributed by atoms with Crippen molar-refractivity contribution in [2.75, 3.05) is 11.9 Å². The number of aliphatic carboxylic acids is 1. The molecule has 0 aliphatic carbocycles. The summed E-state index contributed by atoms with van der Waals surface area (Å²) in [6.07, 6.45) is 0.760. The van der Waals surface area contributed by atoms with Crippen molar-refractivity contribution in [2.45, 2.75) is 25.9 Å². The SMILES string of the molecule is CCCNC(C)(Nc1cc(=O)c1=O)C(=O)O. The van der Waals surface area contributed by atoms with Crippen LogP contribution in [0.15, 0.2) is 15.7 Å². The minimum atomic E-state index is -1.43. The molecule has 1 unspecified atom stereocenters. The van der Waals surface area contributed by atoms with E-state index >= 15 is 0 Å². The molecule has 0 saturated heterocycles. The van der Waals surface area contributed by atoms with Crippen molar-refractivity contribution in [3.63, 3.8) is 0 Å². The van der Waals surface area contributed by atoms with Gasteiger partial charge in [-0.2, -0.15) is 0 Å². The Morgan fingerprint density at radius 2 is 2.12 bits per heavy atom. The van der Waals surface area contributed by atoms with Crippen molar-refractivity contribution < 1.29 is 9.90 Å². The van der Waals surface area contributed by atoms with E-state index in [4.69, 9.17) is 5.11 Å². The van der Waals surface area contributed by atoms with Crippen molar-refractivity contribution in [3.05, 3.63) is 26.5 Å². The molecule has 1 aromatic carbocycles. The number of hydrogen-bond donors (Lipinski definition) is 3. The summed E-state index contributed by atoms with van der Waals surface area (Å²) in [5, 5.41) is 14.3. The molecular formula is C10H14N2O4. The van der Waals surface area contributed by atoms with Crippen molar-refractivity contribution in [3.8, 4) is 0 Å². The van der Waals surface area contributed by atoms with Gasteiger partial charge < -0.3 is 10.4 Å². The number of carbonyl (C=O) groups is 1. The van der Waals surface area contributed by atoms with Gasteiger partial charge in [0.2, 0.25) is 10.9 Å². The quantitative estimate of drug-likeness (QED) is 0.447. The summed E-state index contributed by atoms with van der Waals surface area (Å²) in [6.45, 7) is 3.79. The van der Waals surface area contributed by atoms with E-state index in [1.807, 2.05) is 6.92 Å². The minimum absolute atomic E-state index is 0.0403. The monoisotopic (exact) mass is 226 g/mol. The summed E-state index contributed by atoms with van der Waals surface area (Å²) >= 11 is 0. The highest BCUT2D eigenvalue weighted by atomic mass is 16.4. The van der Waals surface area contributed by atoms with Gasteiger partial charge in [0.25, 0.3) is 0 Å². The summed E-state index contributed by atoms with van der Waals surface area (Å²) in [6, 6.07) is 1.09. The molecule has 88 valence electrons. The van der Waals surface area contributed by atoms with Gasteiger partial charge in [0.05, 0.1) is 5.69 Å². The van der Waals surface area contributed by atoms with Crippen LogP contribution in [0.1, 0.15) is 20.3 Å². The topological polar surface area (TPSA) is 95.5 Å². The molecule has 0 saturated carbocycles. The first-order valence-electron chi connectivity index (χ1n) is 4.97. The van der Waals surface area contributed by atoms with Crippen LogP contribution >= 0.6 is 0 Å². The van der Waals surface area contributed by atoms with E-state index in [0.717, 1.165) is 12.5 Å². The second kappa shape index (κ2) is 4.44. The van der Waals surface area contributed by atoms with E-state index < -0.39 is 22.5 Å². The summed E-state index contributed by atoms with van der Waals surface area (Å²) in [5.41, 5.74) is -2.67. The van der Waals surface area contributed by atoms with Crippen LogP contribution in [-0.4, -0.2) is 23.3 Å². The Balaban J connectivity index is 2.80. The highest BCUT2D eigenvalue weighted by molar-refractivity contribution is 5.81. The van der Waals surface area contributed by atoms with Gasteiger partial charge in [-0.15, -0.1) is 0 Å². The lowest BCUT2D eigenvalue weighted by Gasteiger charge is -2.28. The Hall–Kier alpha value is -1.69. The Labute approximate surface area is 92.0 Å². The summed E-state index contributed by atoms with van der Waals surface area (Å²) in [7, 11) is 0. The first-order chi connectivity index (χ1) is 7.40. The highest BCUT2D eigenvalue weighted by Crippen LogP contribution is 2.08. The zero-order valence-corrected chi connectivity index (χ0v) is 9.16. The van der Waals surface area contributed by atoms with E-state index in [1.54, 1.807) is 0 Å². The lowest BCUT2D eigenvalue weighted by atomic mass is 10.1. The molecule has 1 rings (SSSR count). The molecule has 0 spiro atoms. The van der Waals surface area contributed by atoms with Crippen molar-refractivity contribution in [1.82, 2.24) is 5.32 Å². The largest absolute Gasteiger partial charge is 0.478 e. The van der Waals surface area contributed by atoms with Crippen LogP contribution in [0.5, 0.6) is 0 Å². The lowest BCUT2D eigenvalue weighted by Crippen LogP contribution is -2.57. The van der Waals surface area contributed by atoms with Gasteiger partial charge in [-0.05, 0) is 19.9 Å². The van der Waals surface area contributed by atoms with E-state index in [2.05, 4.69) is 10.6 Å². The van der Waals surface area contributed by atoms with Crippen molar-refractivity contribution >= 4 is 11.7 Å². The molecule has 6 nitrogen and oxygen atoms in total. The lowest BCUT2D eigenvalue weighted by molar-refractivity contribution is -0.142. The molecule has 0 fully saturated rings. The predicted molar refractivity (Wildman–Crippen MR) is 59.3 cm³/mol. The zero-order valence-electron chi connectivity index (χ0n) is 9.16. The Morgan fingerprint density at radius 1 is 1.50 bits per heavy atom. The second-order valence-electron chi connectivity index (χ2n) is 3.73. The predicted octanol–water partition coefficient (Wildman–Crippen LogP) is -0.505. The van der Waals surface area contributed by atoms with Crippen LogP contribution < -0.4 is 21.5 Å². The third kappa shape index (κ3) is 2.27. The van der Waals surface area contributed by atoms with Gasteiger partial charge in [0.15, 0.2) is 5.66 Å². The normalized spacial score (nSPS) is 14.6. The fourth-order valence-corrected chi connectivity index (χ4v) is 1.23. The molecular weight excluding hydrogens is 212 g/mol.